The van der Waals surface area contributed by atoms with E-state index in [2.05, 4.69) is 4.90 Å². The Hall–Kier alpha value is -1.97. The first-order valence-corrected chi connectivity index (χ1v) is 5.15. The van der Waals surface area contributed by atoms with Gasteiger partial charge in [0, 0.05) is 30.6 Å². The maximum Gasteiger partial charge on any atom is 0.338 e. The van der Waals surface area contributed by atoms with Crippen molar-refractivity contribution in [2.45, 2.75) is 0 Å². The minimum absolute atomic E-state index is 0.317. The summed E-state index contributed by atoms with van der Waals surface area (Å²) in [6.45, 7) is 2.01. The van der Waals surface area contributed by atoms with E-state index in [0.29, 0.717) is 11.3 Å². The summed E-state index contributed by atoms with van der Waals surface area (Å²) in [5, 5.41) is 0.956. The van der Waals surface area contributed by atoms with Crippen LogP contribution in [0, 0.1) is 0 Å². The van der Waals surface area contributed by atoms with Gasteiger partial charge in [-0.05, 0) is 12.1 Å². The van der Waals surface area contributed by atoms with Crippen LogP contribution in [0.1, 0.15) is 0 Å². The summed E-state index contributed by atoms with van der Waals surface area (Å²) in [6.07, 6.45) is 0. The molecule has 82 valence electrons. The van der Waals surface area contributed by atoms with Crippen molar-refractivity contribution in [1.82, 2.24) is 0 Å². The second-order valence-electron chi connectivity index (χ2n) is 3.80. The zero-order chi connectivity index (χ0) is 11.1. The highest BCUT2D eigenvalue weighted by Crippen LogP contribution is 2.30. The van der Waals surface area contributed by atoms with Crippen LogP contribution in [-0.4, -0.2) is 20.2 Å². The van der Waals surface area contributed by atoms with Gasteiger partial charge in [-0.15, -0.1) is 0 Å². The van der Waals surface area contributed by atoms with Crippen LogP contribution in [0.4, 0.5) is 5.69 Å². The summed E-state index contributed by atoms with van der Waals surface area (Å²) in [6, 6.07) is 7.08. The maximum absolute atomic E-state index is 11.4. The molecule has 2 heterocycles. The molecule has 0 aliphatic carbocycles. The SMILES string of the molecule is COc1ccc2c(N3CC3)cc(=O)oc2c1. The van der Waals surface area contributed by atoms with Crippen molar-refractivity contribution in [2.24, 2.45) is 0 Å². The van der Waals surface area contributed by atoms with Crippen LogP contribution in [0.2, 0.25) is 0 Å². The van der Waals surface area contributed by atoms with Gasteiger partial charge in [-0.2, -0.15) is 0 Å². The second-order valence-corrected chi connectivity index (χ2v) is 3.80. The van der Waals surface area contributed by atoms with Crippen LogP contribution in [0.25, 0.3) is 11.0 Å². The molecule has 1 aromatic heterocycles. The largest absolute Gasteiger partial charge is 0.497 e. The van der Waals surface area contributed by atoms with Crippen LogP contribution in [0.15, 0.2) is 33.5 Å². The first kappa shape index (κ1) is 9.27. The van der Waals surface area contributed by atoms with Gasteiger partial charge < -0.3 is 14.1 Å². The normalized spacial score (nSPS) is 14.2. The van der Waals surface area contributed by atoms with Crippen molar-refractivity contribution in [3.63, 3.8) is 0 Å². The minimum atomic E-state index is -0.317. The molecular formula is C12H11NO3. The van der Waals surface area contributed by atoms with Gasteiger partial charge in [0.15, 0.2) is 0 Å². The van der Waals surface area contributed by atoms with E-state index in [1.165, 1.54) is 0 Å². The lowest BCUT2D eigenvalue weighted by Gasteiger charge is -2.07. The highest BCUT2D eigenvalue weighted by Gasteiger charge is 2.21. The first-order chi connectivity index (χ1) is 7.78. The molecule has 1 aliphatic heterocycles. The van der Waals surface area contributed by atoms with Gasteiger partial charge in [0.2, 0.25) is 0 Å². The Morgan fingerprint density at radius 1 is 1.31 bits per heavy atom. The third-order valence-corrected chi connectivity index (χ3v) is 2.72. The average molecular weight is 217 g/mol. The highest BCUT2D eigenvalue weighted by atomic mass is 16.5. The zero-order valence-electron chi connectivity index (χ0n) is 8.90. The molecule has 0 radical (unpaired) electrons. The van der Waals surface area contributed by atoms with E-state index in [-0.39, 0.29) is 5.63 Å². The van der Waals surface area contributed by atoms with E-state index < -0.39 is 0 Å². The predicted octanol–water partition coefficient (Wildman–Crippen LogP) is 1.62. The average Bonchev–Trinajstić information content (AvgIpc) is 3.10. The number of methoxy groups -OCH3 is 1. The topological polar surface area (TPSA) is 42.5 Å². The molecule has 0 N–H and O–H groups in total. The number of hydrogen-bond donors (Lipinski definition) is 0. The number of nitrogens with zero attached hydrogens (tertiary/aromatic N) is 1. The fourth-order valence-corrected chi connectivity index (χ4v) is 1.81. The second kappa shape index (κ2) is 3.27. The van der Waals surface area contributed by atoms with Crippen LogP contribution < -0.4 is 15.3 Å². The van der Waals surface area contributed by atoms with Crippen molar-refractivity contribution in [3.05, 3.63) is 34.7 Å². The van der Waals surface area contributed by atoms with Crippen molar-refractivity contribution < 1.29 is 9.15 Å². The summed E-state index contributed by atoms with van der Waals surface area (Å²) in [5.41, 5.74) is 1.21. The number of ether oxygens (including phenoxy) is 1. The molecule has 2 aromatic rings. The molecule has 0 atom stereocenters. The van der Waals surface area contributed by atoms with E-state index in [0.717, 1.165) is 24.2 Å². The molecule has 1 aromatic carbocycles. The predicted molar refractivity (Wildman–Crippen MR) is 61.2 cm³/mol. The van der Waals surface area contributed by atoms with Gasteiger partial charge in [-0.3, -0.25) is 0 Å². The zero-order valence-corrected chi connectivity index (χ0v) is 8.90. The number of anilines is 1. The third kappa shape index (κ3) is 1.43. The summed E-state index contributed by atoms with van der Waals surface area (Å²) in [7, 11) is 1.59. The Kier molecular flexibility index (Phi) is 1.89. The monoisotopic (exact) mass is 217 g/mol. The molecule has 4 nitrogen and oxygen atoms in total. The Morgan fingerprint density at radius 3 is 2.81 bits per heavy atom. The van der Waals surface area contributed by atoms with Crippen LogP contribution in [0.5, 0.6) is 5.75 Å². The molecule has 3 rings (SSSR count). The minimum Gasteiger partial charge on any atom is -0.497 e. The quantitative estimate of drug-likeness (QED) is 0.566. The van der Waals surface area contributed by atoms with Gasteiger partial charge in [0.25, 0.3) is 0 Å². The number of rotatable bonds is 2. The standard InChI is InChI=1S/C12H11NO3/c1-15-8-2-3-9-10(13-4-5-13)7-12(14)16-11(9)6-8/h2-3,6-7H,4-5H2,1H3. The summed E-state index contributed by atoms with van der Waals surface area (Å²) in [5.74, 6) is 0.693. The third-order valence-electron chi connectivity index (χ3n) is 2.72. The Morgan fingerprint density at radius 2 is 2.12 bits per heavy atom. The van der Waals surface area contributed by atoms with E-state index in [1.807, 2.05) is 12.1 Å². The van der Waals surface area contributed by atoms with Gasteiger partial charge >= 0.3 is 5.63 Å². The fraction of sp³-hybridized carbons (Fsp3) is 0.250. The summed E-state index contributed by atoms with van der Waals surface area (Å²) in [4.78, 5) is 13.5. The molecule has 0 saturated carbocycles. The lowest BCUT2D eigenvalue weighted by atomic mass is 10.2. The van der Waals surface area contributed by atoms with Gasteiger partial charge in [-0.1, -0.05) is 0 Å². The first-order valence-electron chi connectivity index (χ1n) is 5.15. The van der Waals surface area contributed by atoms with E-state index in [1.54, 1.807) is 19.2 Å². The number of fused-ring (bicyclic) bond motifs is 1. The lowest BCUT2D eigenvalue weighted by molar-refractivity contribution is 0.414. The number of benzene rings is 1. The Bertz CT molecular complexity index is 599. The lowest BCUT2D eigenvalue weighted by Crippen LogP contribution is -2.02. The summed E-state index contributed by atoms with van der Waals surface area (Å²) >= 11 is 0. The summed E-state index contributed by atoms with van der Waals surface area (Å²) < 4.78 is 10.3. The van der Waals surface area contributed by atoms with Gasteiger partial charge in [0.1, 0.15) is 11.3 Å². The van der Waals surface area contributed by atoms with Crippen LogP contribution in [0.3, 0.4) is 0 Å². The molecule has 0 bridgehead atoms. The Labute approximate surface area is 92.0 Å². The smallest absolute Gasteiger partial charge is 0.338 e. The highest BCUT2D eigenvalue weighted by molar-refractivity contribution is 5.91. The molecule has 0 amide bonds. The van der Waals surface area contributed by atoms with Crippen molar-refractivity contribution in [1.29, 1.82) is 0 Å². The Balaban J connectivity index is 2.30. The van der Waals surface area contributed by atoms with Gasteiger partial charge in [0.05, 0.1) is 12.8 Å². The van der Waals surface area contributed by atoms with Crippen molar-refractivity contribution in [3.8, 4) is 5.75 Å². The van der Waals surface area contributed by atoms with Crippen molar-refractivity contribution >= 4 is 16.7 Å². The maximum atomic E-state index is 11.4. The van der Waals surface area contributed by atoms with Gasteiger partial charge in [-0.25, -0.2) is 4.79 Å². The molecule has 1 fully saturated rings. The van der Waals surface area contributed by atoms with E-state index in [9.17, 15) is 4.79 Å². The van der Waals surface area contributed by atoms with E-state index >= 15 is 0 Å². The molecule has 0 spiro atoms. The molecule has 1 saturated heterocycles. The van der Waals surface area contributed by atoms with Crippen LogP contribution in [-0.2, 0) is 0 Å². The molecule has 16 heavy (non-hydrogen) atoms. The molecular weight excluding hydrogens is 206 g/mol. The molecule has 4 heteroatoms. The fourth-order valence-electron chi connectivity index (χ4n) is 1.81. The van der Waals surface area contributed by atoms with Crippen LogP contribution >= 0.6 is 0 Å². The molecule has 1 aliphatic rings. The van der Waals surface area contributed by atoms with Crippen molar-refractivity contribution in [2.75, 3.05) is 25.1 Å². The van der Waals surface area contributed by atoms with E-state index in [4.69, 9.17) is 9.15 Å². The number of hydrogen-bond acceptors (Lipinski definition) is 4. The molecule has 0 unspecified atom stereocenters.